The molecule has 3 atom stereocenters. The number of nitrogens with one attached hydrogen (secondary N) is 1. The Kier molecular flexibility index (Phi) is 4.43. The van der Waals surface area contributed by atoms with Gasteiger partial charge in [-0.2, -0.15) is 0 Å². The number of hydrazine groups is 1. The second-order valence-electron chi connectivity index (χ2n) is 5.31. The maximum Gasteiger partial charge on any atom is 0.124 e. The molecule has 1 fully saturated rings. The van der Waals surface area contributed by atoms with E-state index in [1.54, 1.807) is 6.26 Å². The van der Waals surface area contributed by atoms with Crippen LogP contribution in [0.25, 0.3) is 0 Å². The highest BCUT2D eigenvalue weighted by Crippen LogP contribution is 2.43. The van der Waals surface area contributed by atoms with E-state index in [4.69, 9.17) is 15.0 Å². The van der Waals surface area contributed by atoms with Gasteiger partial charge in [0.25, 0.3) is 0 Å². The lowest BCUT2D eigenvalue weighted by atomic mass is 9.74. The van der Waals surface area contributed by atoms with Crippen molar-refractivity contribution in [3.8, 4) is 0 Å². The molecule has 4 heteroatoms. The summed E-state index contributed by atoms with van der Waals surface area (Å²) in [5, 5.41) is 0. The molecule has 1 heterocycles. The first-order valence-corrected chi connectivity index (χ1v) is 6.85. The minimum atomic E-state index is -0.237. The lowest BCUT2D eigenvalue weighted by Gasteiger charge is -2.44. The molecule has 0 spiro atoms. The van der Waals surface area contributed by atoms with Gasteiger partial charge in [0.15, 0.2) is 0 Å². The van der Waals surface area contributed by atoms with Gasteiger partial charge in [0.05, 0.1) is 11.9 Å². The van der Waals surface area contributed by atoms with E-state index in [0.717, 1.165) is 18.6 Å². The Hall–Kier alpha value is -0.840. The number of nitrogens with two attached hydrogens (primary N) is 1. The monoisotopic (exact) mass is 252 g/mol. The normalized spacial score (nSPS) is 30.3. The molecule has 18 heavy (non-hydrogen) atoms. The minimum Gasteiger partial charge on any atom is -0.468 e. The molecule has 1 aromatic heterocycles. The Labute approximate surface area is 109 Å². The molecule has 1 aliphatic carbocycles. The van der Waals surface area contributed by atoms with Crippen molar-refractivity contribution in [2.75, 3.05) is 6.61 Å². The Morgan fingerprint density at radius 2 is 2.50 bits per heavy atom. The van der Waals surface area contributed by atoms with Crippen molar-refractivity contribution in [3.63, 3.8) is 0 Å². The molecule has 0 aromatic carbocycles. The second kappa shape index (κ2) is 5.87. The van der Waals surface area contributed by atoms with Gasteiger partial charge in [-0.1, -0.05) is 19.8 Å². The molecule has 0 aliphatic heterocycles. The van der Waals surface area contributed by atoms with Crippen LogP contribution >= 0.6 is 0 Å². The highest BCUT2D eigenvalue weighted by Gasteiger charge is 2.44. The smallest absolute Gasteiger partial charge is 0.124 e. The number of hydrogen-bond donors (Lipinski definition) is 2. The van der Waals surface area contributed by atoms with Gasteiger partial charge in [0.2, 0.25) is 0 Å². The van der Waals surface area contributed by atoms with Gasteiger partial charge in [0.1, 0.15) is 11.8 Å². The fourth-order valence-electron chi connectivity index (χ4n) is 3.26. The molecule has 0 bridgehead atoms. The van der Waals surface area contributed by atoms with E-state index in [0.29, 0.717) is 12.5 Å². The Bertz CT molecular complexity index is 349. The molecule has 102 valence electrons. The molecule has 0 amide bonds. The van der Waals surface area contributed by atoms with Gasteiger partial charge in [-0.25, -0.2) is 5.43 Å². The summed E-state index contributed by atoms with van der Waals surface area (Å²) < 4.78 is 11.6. The molecule has 0 saturated heterocycles. The maximum absolute atomic E-state index is 6.12. The average Bonchev–Trinajstić information content (AvgIpc) is 2.84. The van der Waals surface area contributed by atoms with Crippen molar-refractivity contribution >= 4 is 0 Å². The van der Waals surface area contributed by atoms with Gasteiger partial charge in [-0.3, -0.25) is 5.84 Å². The maximum atomic E-state index is 6.12. The zero-order valence-corrected chi connectivity index (χ0v) is 11.3. The van der Waals surface area contributed by atoms with Crippen molar-refractivity contribution in [2.45, 2.75) is 51.2 Å². The number of rotatable bonds is 5. The van der Waals surface area contributed by atoms with Gasteiger partial charge in [-0.15, -0.1) is 0 Å². The van der Waals surface area contributed by atoms with Crippen LogP contribution in [0.2, 0.25) is 0 Å². The van der Waals surface area contributed by atoms with E-state index in [1.165, 1.54) is 12.8 Å². The average molecular weight is 252 g/mol. The zero-order valence-electron chi connectivity index (χ0n) is 11.3. The fraction of sp³-hybridized carbons (Fsp3) is 0.714. The highest BCUT2D eigenvalue weighted by molar-refractivity contribution is 5.12. The number of hydrogen-bond acceptors (Lipinski definition) is 4. The standard InChI is InChI=1S/C14H24N2O2/c1-3-18-14(8-4-6-11(2)10-14)13(16-15)12-7-5-9-17-12/h5,7,9,11,13,16H,3-4,6,8,10,15H2,1-2H3. The Morgan fingerprint density at radius 3 is 3.06 bits per heavy atom. The summed E-state index contributed by atoms with van der Waals surface area (Å²) in [6, 6.07) is 3.78. The van der Waals surface area contributed by atoms with E-state index < -0.39 is 0 Å². The van der Waals surface area contributed by atoms with E-state index in [9.17, 15) is 0 Å². The van der Waals surface area contributed by atoms with Gasteiger partial charge >= 0.3 is 0 Å². The highest BCUT2D eigenvalue weighted by atomic mass is 16.5. The van der Waals surface area contributed by atoms with Crippen molar-refractivity contribution in [2.24, 2.45) is 11.8 Å². The molecule has 1 aromatic rings. The third-order valence-corrected chi connectivity index (χ3v) is 3.94. The Balaban J connectivity index is 2.26. The van der Waals surface area contributed by atoms with Crippen molar-refractivity contribution in [3.05, 3.63) is 24.2 Å². The summed E-state index contributed by atoms with van der Waals surface area (Å²) in [6.07, 6.45) is 6.19. The summed E-state index contributed by atoms with van der Waals surface area (Å²) in [6.45, 7) is 5.02. The van der Waals surface area contributed by atoms with Crippen LogP contribution in [0.4, 0.5) is 0 Å². The SMILES string of the molecule is CCOC1(C(NN)c2ccco2)CCCC(C)C1. The van der Waals surface area contributed by atoms with Crippen LogP contribution in [0.5, 0.6) is 0 Å². The van der Waals surface area contributed by atoms with Gasteiger partial charge < -0.3 is 9.15 Å². The molecular weight excluding hydrogens is 228 g/mol. The molecule has 0 radical (unpaired) electrons. The summed E-state index contributed by atoms with van der Waals surface area (Å²) in [5.74, 6) is 7.29. The molecular formula is C14H24N2O2. The van der Waals surface area contributed by atoms with Crippen LogP contribution in [0.15, 0.2) is 22.8 Å². The van der Waals surface area contributed by atoms with Crippen LogP contribution in [-0.2, 0) is 4.74 Å². The first-order chi connectivity index (χ1) is 8.72. The summed E-state index contributed by atoms with van der Waals surface area (Å²) >= 11 is 0. The van der Waals surface area contributed by atoms with E-state index in [-0.39, 0.29) is 11.6 Å². The fourth-order valence-corrected chi connectivity index (χ4v) is 3.26. The van der Waals surface area contributed by atoms with Crippen LogP contribution in [-0.4, -0.2) is 12.2 Å². The third-order valence-electron chi connectivity index (χ3n) is 3.94. The molecule has 3 N–H and O–H groups in total. The van der Waals surface area contributed by atoms with Crippen LogP contribution in [0.3, 0.4) is 0 Å². The molecule has 1 saturated carbocycles. The van der Waals surface area contributed by atoms with E-state index >= 15 is 0 Å². The van der Waals surface area contributed by atoms with E-state index in [1.807, 2.05) is 19.1 Å². The van der Waals surface area contributed by atoms with Crippen LogP contribution < -0.4 is 11.3 Å². The first kappa shape index (κ1) is 13.6. The molecule has 2 rings (SSSR count). The number of ether oxygens (including phenoxy) is 1. The molecule has 4 nitrogen and oxygen atoms in total. The topological polar surface area (TPSA) is 60.4 Å². The minimum absolute atomic E-state index is 0.0739. The number of furan rings is 1. The summed E-state index contributed by atoms with van der Waals surface area (Å²) in [7, 11) is 0. The third kappa shape index (κ3) is 2.60. The second-order valence-corrected chi connectivity index (χ2v) is 5.31. The molecule has 3 unspecified atom stereocenters. The lowest BCUT2D eigenvalue weighted by molar-refractivity contribution is -0.105. The Morgan fingerprint density at radius 1 is 1.67 bits per heavy atom. The van der Waals surface area contributed by atoms with Crippen molar-refractivity contribution < 1.29 is 9.15 Å². The van der Waals surface area contributed by atoms with Gasteiger partial charge in [-0.05, 0) is 37.8 Å². The van der Waals surface area contributed by atoms with Crippen molar-refractivity contribution in [1.29, 1.82) is 0 Å². The predicted molar refractivity (Wildman–Crippen MR) is 70.8 cm³/mol. The predicted octanol–water partition coefficient (Wildman–Crippen LogP) is 2.77. The zero-order chi connectivity index (χ0) is 13.0. The van der Waals surface area contributed by atoms with Gasteiger partial charge in [0, 0.05) is 6.61 Å². The summed E-state index contributed by atoms with van der Waals surface area (Å²) in [5.41, 5.74) is 2.66. The summed E-state index contributed by atoms with van der Waals surface area (Å²) in [4.78, 5) is 0. The van der Waals surface area contributed by atoms with Crippen molar-refractivity contribution in [1.82, 2.24) is 5.43 Å². The van der Waals surface area contributed by atoms with E-state index in [2.05, 4.69) is 12.3 Å². The quantitative estimate of drug-likeness (QED) is 0.625. The van der Waals surface area contributed by atoms with Crippen LogP contribution in [0, 0.1) is 5.92 Å². The van der Waals surface area contributed by atoms with Crippen LogP contribution in [0.1, 0.15) is 51.3 Å². The first-order valence-electron chi connectivity index (χ1n) is 6.85. The lowest BCUT2D eigenvalue weighted by Crippen LogP contribution is -2.51. The molecule has 1 aliphatic rings. The largest absolute Gasteiger partial charge is 0.468 e.